The van der Waals surface area contributed by atoms with E-state index in [9.17, 15) is 19.2 Å². The van der Waals surface area contributed by atoms with Gasteiger partial charge < -0.3 is 9.97 Å². The molecule has 23 heavy (non-hydrogen) atoms. The first-order chi connectivity index (χ1) is 11.0. The maximum Gasteiger partial charge on any atom is 0.326 e. The van der Waals surface area contributed by atoms with Gasteiger partial charge in [-0.15, -0.1) is 22.7 Å². The molecule has 0 atom stereocenters. The number of hydrogen-bond acceptors (Lipinski definition) is 6. The van der Waals surface area contributed by atoms with E-state index in [1.807, 2.05) is 0 Å². The molecule has 0 aliphatic heterocycles. The predicted molar refractivity (Wildman–Crippen MR) is 93.8 cm³/mol. The van der Waals surface area contributed by atoms with Gasteiger partial charge in [0.15, 0.2) is 0 Å². The Morgan fingerprint density at radius 2 is 1.48 bits per heavy atom. The summed E-state index contributed by atoms with van der Waals surface area (Å²) in [7, 11) is 0. The van der Waals surface area contributed by atoms with Gasteiger partial charge >= 0.3 is 11.4 Å². The standard InChI is InChI=1S/C6H3BrN2O2S.C6H4N2O2S/c7-2-1-12-4-3(2)8-6(11)9-5(4)10;9-5-4-3(1-2-11-4)7-6(10)8-5/h1H,(H2,8,9,10,11);1-2H,(H2,7,8,9,10). The van der Waals surface area contributed by atoms with Crippen LogP contribution in [0, 0.1) is 0 Å². The molecular weight excluding hydrogens is 408 g/mol. The zero-order valence-electron chi connectivity index (χ0n) is 11.1. The van der Waals surface area contributed by atoms with E-state index in [0.717, 1.165) is 4.47 Å². The summed E-state index contributed by atoms with van der Waals surface area (Å²) in [5.41, 5.74) is -0.437. The van der Waals surface area contributed by atoms with Gasteiger partial charge in [0.05, 0.1) is 15.5 Å². The average Bonchev–Trinajstić information content (AvgIpc) is 3.07. The quantitative estimate of drug-likeness (QED) is 0.345. The number of H-pyrrole nitrogens is 4. The summed E-state index contributed by atoms with van der Waals surface area (Å²) in [6.45, 7) is 0. The first-order valence-electron chi connectivity index (χ1n) is 6.05. The Morgan fingerprint density at radius 1 is 0.826 bits per heavy atom. The molecule has 0 saturated heterocycles. The summed E-state index contributed by atoms with van der Waals surface area (Å²) in [4.78, 5) is 53.0. The van der Waals surface area contributed by atoms with E-state index in [2.05, 4.69) is 35.9 Å². The zero-order valence-corrected chi connectivity index (χ0v) is 14.3. The highest BCUT2D eigenvalue weighted by Crippen LogP contribution is 2.24. The van der Waals surface area contributed by atoms with Crippen molar-refractivity contribution < 1.29 is 0 Å². The highest BCUT2D eigenvalue weighted by atomic mass is 79.9. The predicted octanol–water partition coefficient (Wildman–Crippen LogP) is 1.32. The van der Waals surface area contributed by atoms with Gasteiger partial charge in [-0.1, -0.05) is 0 Å². The average molecular weight is 415 g/mol. The van der Waals surface area contributed by atoms with E-state index in [1.165, 1.54) is 22.7 Å². The first-order valence-corrected chi connectivity index (χ1v) is 8.60. The van der Waals surface area contributed by atoms with Gasteiger partial charge in [-0.05, 0) is 27.4 Å². The molecule has 0 fully saturated rings. The van der Waals surface area contributed by atoms with Crippen molar-refractivity contribution in [3.05, 3.63) is 63.0 Å². The molecule has 4 aromatic heterocycles. The third-order valence-corrected chi connectivity index (χ3v) is 5.59. The number of rotatable bonds is 0. The molecule has 4 N–H and O–H groups in total. The van der Waals surface area contributed by atoms with Crippen molar-refractivity contribution in [2.75, 3.05) is 0 Å². The fourth-order valence-electron chi connectivity index (χ4n) is 1.82. The molecule has 8 nitrogen and oxygen atoms in total. The largest absolute Gasteiger partial charge is 0.326 e. The van der Waals surface area contributed by atoms with Crippen LogP contribution in [0.25, 0.3) is 20.4 Å². The van der Waals surface area contributed by atoms with Gasteiger partial charge in [0.1, 0.15) is 9.40 Å². The minimum Gasteiger partial charge on any atom is -0.306 e. The van der Waals surface area contributed by atoms with E-state index < -0.39 is 11.4 Å². The molecule has 4 heterocycles. The fourth-order valence-corrected chi connectivity index (χ4v) is 4.05. The number of nitrogens with one attached hydrogen (secondary N) is 4. The van der Waals surface area contributed by atoms with Crippen LogP contribution in [0.1, 0.15) is 0 Å². The van der Waals surface area contributed by atoms with Crippen LogP contribution in [0.5, 0.6) is 0 Å². The van der Waals surface area contributed by atoms with Gasteiger partial charge in [-0.25, -0.2) is 9.59 Å². The van der Waals surface area contributed by atoms with Gasteiger partial charge in [0.2, 0.25) is 0 Å². The highest BCUT2D eigenvalue weighted by molar-refractivity contribution is 9.10. The second-order valence-corrected chi connectivity index (χ2v) is 6.92. The number of aromatic amines is 4. The van der Waals surface area contributed by atoms with Crippen molar-refractivity contribution >= 4 is 59.0 Å². The Labute approximate surface area is 142 Å². The van der Waals surface area contributed by atoms with E-state index >= 15 is 0 Å². The summed E-state index contributed by atoms with van der Waals surface area (Å²) in [6.07, 6.45) is 0. The van der Waals surface area contributed by atoms with Crippen molar-refractivity contribution in [1.82, 2.24) is 19.9 Å². The summed E-state index contributed by atoms with van der Waals surface area (Å²) < 4.78 is 1.83. The zero-order chi connectivity index (χ0) is 16.6. The second-order valence-electron chi connectivity index (χ2n) is 4.27. The highest BCUT2D eigenvalue weighted by Gasteiger charge is 2.05. The van der Waals surface area contributed by atoms with Gasteiger partial charge in [-0.3, -0.25) is 19.6 Å². The van der Waals surface area contributed by atoms with Crippen LogP contribution in [0.3, 0.4) is 0 Å². The lowest BCUT2D eigenvalue weighted by molar-refractivity contribution is 1.09. The molecule has 0 saturated carbocycles. The maximum absolute atomic E-state index is 11.1. The van der Waals surface area contributed by atoms with Gasteiger partial charge in [0.25, 0.3) is 11.1 Å². The van der Waals surface area contributed by atoms with Crippen molar-refractivity contribution in [3.8, 4) is 0 Å². The molecule has 0 unspecified atom stereocenters. The molecule has 0 bridgehead atoms. The second kappa shape index (κ2) is 6.10. The molecule has 0 aromatic carbocycles. The molecular formula is C12H7BrN4O4S2. The molecule has 118 valence electrons. The molecule has 0 radical (unpaired) electrons. The SMILES string of the molecule is O=c1[nH]c(=O)c2scc(Br)c2[nH]1.O=c1[nH]c(=O)c2sccc2[nH]1. The van der Waals surface area contributed by atoms with E-state index in [-0.39, 0.29) is 11.1 Å². The lowest BCUT2D eigenvalue weighted by atomic mass is 10.5. The Hall–Kier alpha value is -2.24. The van der Waals surface area contributed by atoms with E-state index in [0.29, 0.717) is 20.4 Å². The summed E-state index contributed by atoms with van der Waals surface area (Å²) in [5.74, 6) is 0. The normalized spacial score (nSPS) is 10.7. The molecule has 0 aliphatic carbocycles. The van der Waals surface area contributed by atoms with Crippen LogP contribution >= 0.6 is 38.6 Å². The Bertz CT molecular complexity index is 1230. The number of aromatic nitrogens is 4. The lowest BCUT2D eigenvalue weighted by Crippen LogP contribution is -2.20. The lowest BCUT2D eigenvalue weighted by Gasteiger charge is -1.87. The molecule has 0 amide bonds. The number of hydrogen-bond donors (Lipinski definition) is 4. The Kier molecular flexibility index (Phi) is 4.15. The van der Waals surface area contributed by atoms with E-state index in [1.54, 1.807) is 16.8 Å². The van der Waals surface area contributed by atoms with Crippen molar-refractivity contribution in [2.45, 2.75) is 0 Å². The minimum absolute atomic E-state index is 0.321. The minimum atomic E-state index is -0.480. The van der Waals surface area contributed by atoms with Gasteiger partial charge in [0, 0.05) is 5.38 Å². The monoisotopic (exact) mass is 414 g/mol. The number of thiophene rings is 2. The van der Waals surface area contributed by atoms with Crippen LogP contribution in [0.15, 0.2) is 40.5 Å². The van der Waals surface area contributed by atoms with Crippen LogP contribution in [-0.2, 0) is 0 Å². The van der Waals surface area contributed by atoms with Crippen LogP contribution < -0.4 is 22.5 Å². The van der Waals surface area contributed by atoms with Crippen LogP contribution in [-0.4, -0.2) is 19.9 Å². The maximum atomic E-state index is 11.1. The molecule has 4 aromatic rings. The molecule has 4 rings (SSSR count). The topological polar surface area (TPSA) is 131 Å². The Balaban J connectivity index is 0.000000136. The Morgan fingerprint density at radius 3 is 2.22 bits per heavy atom. The third-order valence-electron chi connectivity index (χ3n) is 2.76. The van der Waals surface area contributed by atoms with Crippen LogP contribution in [0.2, 0.25) is 0 Å². The first kappa shape index (κ1) is 15.6. The number of halogens is 1. The van der Waals surface area contributed by atoms with Crippen LogP contribution in [0.4, 0.5) is 0 Å². The summed E-state index contributed by atoms with van der Waals surface area (Å²) in [6, 6.07) is 1.70. The number of fused-ring (bicyclic) bond motifs is 2. The van der Waals surface area contributed by atoms with E-state index in [4.69, 9.17) is 0 Å². The fraction of sp³-hybridized carbons (Fsp3) is 0. The van der Waals surface area contributed by atoms with Crippen molar-refractivity contribution in [3.63, 3.8) is 0 Å². The summed E-state index contributed by atoms with van der Waals surface area (Å²) >= 11 is 5.82. The van der Waals surface area contributed by atoms with Crippen molar-refractivity contribution in [2.24, 2.45) is 0 Å². The smallest absolute Gasteiger partial charge is 0.306 e. The summed E-state index contributed by atoms with van der Waals surface area (Å²) in [5, 5.41) is 3.52. The third kappa shape index (κ3) is 3.11. The molecule has 0 aliphatic rings. The van der Waals surface area contributed by atoms with Crippen molar-refractivity contribution in [1.29, 1.82) is 0 Å². The van der Waals surface area contributed by atoms with Gasteiger partial charge in [-0.2, -0.15) is 0 Å². The molecule has 11 heteroatoms. The molecule has 0 spiro atoms.